The van der Waals surface area contributed by atoms with Crippen LogP contribution in [0.5, 0.6) is 0 Å². The van der Waals surface area contributed by atoms with Crippen molar-refractivity contribution in [3.05, 3.63) is 50.3 Å². The average molecular weight is 415 g/mol. The smallest absolute Gasteiger partial charge is 0.146 e. The summed E-state index contributed by atoms with van der Waals surface area (Å²) in [6.45, 7) is 0.410. The van der Waals surface area contributed by atoms with Crippen molar-refractivity contribution in [2.24, 2.45) is 0 Å². The molecule has 3 rings (SSSR count). The van der Waals surface area contributed by atoms with Crippen molar-refractivity contribution in [2.75, 3.05) is 7.11 Å². The van der Waals surface area contributed by atoms with Crippen LogP contribution >= 0.6 is 34.2 Å². The number of benzene rings is 1. The van der Waals surface area contributed by atoms with Crippen LogP contribution in [0.3, 0.4) is 0 Å². The normalized spacial score (nSPS) is 11.2. The van der Waals surface area contributed by atoms with Crippen molar-refractivity contribution >= 4 is 45.2 Å². The van der Waals surface area contributed by atoms with Crippen LogP contribution in [0, 0.1) is 3.57 Å². The maximum Gasteiger partial charge on any atom is 0.146 e. The summed E-state index contributed by atoms with van der Waals surface area (Å²) in [5.41, 5.74) is 2.73. The topological polar surface area (TPSA) is 63.7 Å². The summed E-state index contributed by atoms with van der Waals surface area (Å²) in [4.78, 5) is 16.6. The van der Waals surface area contributed by atoms with Gasteiger partial charge in [0, 0.05) is 7.11 Å². The SMILES string of the molecule is COCc1nc(Cc2nc3ccccc3[nH]2)nc(Cl)c1I. The number of H-pyrrole nitrogens is 1. The van der Waals surface area contributed by atoms with E-state index < -0.39 is 0 Å². The molecule has 21 heavy (non-hydrogen) atoms. The Hall–Kier alpha value is -1.25. The predicted octanol–water partition coefficient (Wildman–Crippen LogP) is 3.35. The molecule has 5 nitrogen and oxygen atoms in total. The highest BCUT2D eigenvalue weighted by molar-refractivity contribution is 14.1. The van der Waals surface area contributed by atoms with E-state index in [2.05, 4.69) is 42.5 Å². The third kappa shape index (κ3) is 3.17. The minimum Gasteiger partial charge on any atom is -0.378 e. The zero-order valence-electron chi connectivity index (χ0n) is 11.2. The van der Waals surface area contributed by atoms with Crippen molar-refractivity contribution in [1.82, 2.24) is 19.9 Å². The number of imidazole rings is 1. The van der Waals surface area contributed by atoms with Crippen molar-refractivity contribution in [3.63, 3.8) is 0 Å². The van der Waals surface area contributed by atoms with Crippen LogP contribution in [0.2, 0.25) is 5.15 Å². The van der Waals surface area contributed by atoms with E-state index in [4.69, 9.17) is 16.3 Å². The monoisotopic (exact) mass is 414 g/mol. The molecule has 0 aliphatic heterocycles. The fraction of sp³-hybridized carbons (Fsp3) is 0.214. The number of halogens is 2. The van der Waals surface area contributed by atoms with E-state index in [1.54, 1.807) is 7.11 Å². The molecule has 0 aliphatic rings. The Morgan fingerprint density at radius 2 is 2.05 bits per heavy atom. The van der Waals surface area contributed by atoms with Gasteiger partial charge in [-0.05, 0) is 34.7 Å². The Bertz CT molecular complexity index is 757. The van der Waals surface area contributed by atoms with Gasteiger partial charge in [-0.3, -0.25) is 0 Å². The van der Waals surface area contributed by atoms with Gasteiger partial charge in [0.1, 0.15) is 16.8 Å². The summed E-state index contributed by atoms with van der Waals surface area (Å²) in [7, 11) is 1.63. The Labute approximate surface area is 140 Å². The van der Waals surface area contributed by atoms with E-state index in [1.165, 1.54) is 0 Å². The largest absolute Gasteiger partial charge is 0.378 e. The molecule has 3 aromatic rings. The first-order valence-corrected chi connectivity index (χ1v) is 7.76. The standard InChI is InChI=1S/C14H12ClIN4O/c1-21-7-10-13(16)14(15)20-12(19-10)6-11-17-8-4-2-3-5-9(8)18-11/h2-5H,6-7H2,1H3,(H,17,18). The van der Waals surface area contributed by atoms with Gasteiger partial charge in [-0.2, -0.15) is 0 Å². The highest BCUT2D eigenvalue weighted by Crippen LogP contribution is 2.21. The van der Waals surface area contributed by atoms with E-state index in [-0.39, 0.29) is 0 Å². The zero-order chi connectivity index (χ0) is 14.8. The zero-order valence-corrected chi connectivity index (χ0v) is 14.1. The summed E-state index contributed by atoms with van der Waals surface area (Å²) >= 11 is 8.28. The summed E-state index contributed by atoms with van der Waals surface area (Å²) in [6, 6.07) is 7.89. The van der Waals surface area contributed by atoms with Crippen LogP contribution in [-0.4, -0.2) is 27.0 Å². The Morgan fingerprint density at radius 1 is 1.24 bits per heavy atom. The van der Waals surface area contributed by atoms with Crippen molar-refractivity contribution in [1.29, 1.82) is 0 Å². The molecule has 0 unspecified atom stereocenters. The molecule has 0 saturated carbocycles. The Morgan fingerprint density at radius 3 is 2.81 bits per heavy atom. The van der Waals surface area contributed by atoms with Gasteiger partial charge in [0.05, 0.1) is 33.3 Å². The number of para-hydroxylation sites is 2. The fourth-order valence-electron chi connectivity index (χ4n) is 2.06. The number of aromatic amines is 1. The number of fused-ring (bicyclic) bond motifs is 1. The maximum atomic E-state index is 6.15. The van der Waals surface area contributed by atoms with E-state index >= 15 is 0 Å². The predicted molar refractivity (Wildman–Crippen MR) is 89.4 cm³/mol. The van der Waals surface area contributed by atoms with Gasteiger partial charge in [0.2, 0.25) is 0 Å². The molecule has 2 aromatic heterocycles. The molecule has 0 aliphatic carbocycles. The first kappa shape index (κ1) is 14.7. The third-order valence-electron chi connectivity index (χ3n) is 2.97. The lowest BCUT2D eigenvalue weighted by Gasteiger charge is -2.06. The quantitative estimate of drug-likeness (QED) is 0.525. The molecule has 0 radical (unpaired) electrons. The molecule has 1 N–H and O–H groups in total. The van der Waals surface area contributed by atoms with E-state index in [0.29, 0.717) is 24.0 Å². The lowest BCUT2D eigenvalue weighted by atomic mass is 10.3. The number of hydrogen-bond donors (Lipinski definition) is 1. The number of nitrogens with zero attached hydrogens (tertiary/aromatic N) is 3. The molecular formula is C14H12ClIN4O. The number of aromatic nitrogens is 4. The molecule has 0 amide bonds. The maximum absolute atomic E-state index is 6.15. The molecule has 0 spiro atoms. The molecule has 0 saturated heterocycles. The Kier molecular flexibility index (Phi) is 4.37. The molecule has 0 bridgehead atoms. The summed E-state index contributed by atoms with van der Waals surface area (Å²) in [6.07, 6.45) is 0.502. The van der Waals surface area contributed by atoms with Crippen LogP contribution in [0.15, 0.2) is 24.3 Å². The van der Waals surface area contributed by atoms with Gasteiger partial charge in [0.25, 0.3) is 0 Å². The first-order chi connectivity index (χ1) is 10.2. The molecule has 1 aromatic carbocycles. The van der Waals surface area contributed by atoms with Crippen LogP contribution in [0.1, 0.15) is 17.3 Å². The second kappa shape index (κ2) is 6.25. The van der Waals surface area contributed by atoms with E-state index in [0.717, 1.165) is 26.1 Å². The molecule has 7 heteroatoms. The third-order valence-corrected chi connectivity index (χ3v) is 4.70. The van der Waals surface area contributed by atoms with Crippen LogP contribution in [0.25, 0.3) is 11.0 Å². The number of ether oxygens (including phenoxy) is 1. The van der Waals surface area contributed by atoms with Crippen molar-refractivity contribution in [2.45, 2.75) is 13.0 Å². The molecule has 2 heterocycles. The lowest BCUT2D eigenvalue weighted by Crippen LogP contribution is -2.06. The van der Waals surface area contributed by atoms with Gasteiger partial charge in [0.15, 0.2) is 0 Å². The van der Waals surface area contributed by atoms with Crippen LogP contribution in [0.4, 0.5) is 0 Å². The minimum atomic E-state index is 0.410. The van der Waals surface area contributed by atoms with Crippen LogP contribution in [-0.2, 0) is 17.8 Å². The lowest BCUT2D eigenvalue weighted by molar-refractivity contribution is 0.180. The van der Waals surface area contributed by atoms with Crippen molar-refractivity contribution in [3.8, 4) is 0 Å². The fourth-order valence-corrected chi connectivity index (χ4v) is 2.67. The van der Waals surface area contributed by atoms with Gasteiger partial charge >= 0.3 is 0 Å². The van der Waals surface area contributed by atoms with Gasteiger partial charge in [-0.15, -0.1) is 0 Å². The van der Waals surface area contributed by atoms with E-state index in [9.17, 15) is 0 Å². The summed E-state index contributed by atoms with van der Waals surface area (Å²) < 4.78 is 5.96. The number of rotatable bonds is 4. The number of nitrogens with one attached hydrogen (secondary N) is 1. The molecular weight excluding hydrogens is 403 g/mol. The average Bonchev–Trinajstić information content (AvgIpc) is 2.86. The highest BCUT2D eigenvalue weighted by Gasteiger charge is 2.12. The van der Waals surface area contributed by atoms with E-state index in [1.807, 2.05) is 24.3 Å². The summed E-state index contributed by atoms with van der Waals surface area (Å²) in [5.74, 6) is 1.45. The highest BCUT2D eigenvalue weighted by atomic mass is 127. The molecule has 108 valence electrons. The number of methoxy groups -OCH3 is 1. The molecule has 0 fully saturated rings. The Balaban J connectivity index is 1.93. The molecule has 0 atom stereocenters. The second-order valence-corrected chi connectivity index (χ2v) is 5.94. The van der Waals surface area contributed by atoms with Gasteiger partial charge in [-0.1, -0.05) is 23.7 Å². The first-order valence-electron chi connectivity index (χ1n) is 6.30. The number of hydrogen-bond acceptors (Lipinski definition) is 4. The van der Waals surface area contributed by atoms with Crippen molar-refractivity contribution < 1.29 is 4.74 Å². The van der Waals surface area contributed by atoms with Gasteiger partial charge in [-0.25, -0.2) is 15.0 Å². The minimum absolute atomic E-state index is 0.410. The van der Waals surface area contributed by atoms with Crippen LogP contribution < -0.4 is 0 Å². The van der Waals surface area contributed by atoms with Gasteiger partial charge < -0.3 is 9.72 Å². The second-order valence-electron chi connectivity index (χ2n) is 4.50. The summed E-state index contributed by atoms with van der Waals surface area (Å²) in [5, 5.41) is 0.448.